The van der Waals surface area contributed by atoms with E-state index >= 15 is 0 Å². The Morgan fingerprint density at radius 3 is 2.17 bits per heavy atom. The SMILES string of the molecule is COC(=O)c1c2c(c3ccccc3c1C(=O)OC)C[C@H](C)CC2=O. The molecule has 0 saturated carbocycles. The molecule has 5 nitrogen and oxygen atoms in total. The zero-order chi connectivity index (χ0) is 17.4. The average Bonchev–Trinajstić information content (AvgIpc) is 2.59. The second kappa shape index (κ2) is 6.07. The van der Waals surface area contributed by atoms with Crippen molar-refractivity contribution < 1.29 is 23.9 Å². The van der Waals surface area contributed by atoms with Crippen LogP contribution >= 0.6 is 0 Å². The molecule has 5 heteroatoms. The number of ether oxygens (including phenoxy) is 2. The van der Waals surface area contributed by atoms with Crippen molar-refractivity contribution in [1.82, 2.24) is 0 Å². The number of ketones is 1. The van der Waals surface area contributed by atoms with Gasteiger partial charge in [0.15, 0.2) is 5.78 Å². The molecule has 0 amide bonds. The third-order valence-corrected chi connectivity index (χ3v) is 4.47. The standard InChI is InChI=1S/C19H18O5/c1-10-8-13-11-6-4-5-7-12(11)16(18(21)23-2)17(19(22)24-3)15(13)14(20)9-10/h4-7,10H,8-9H2,1-3H3/t10-/m0/s1. The van der Waals surface area contributed by atoms with Crippen LogP contribution in [0.15, 0.2) is 24.3 Å². The van der Waals surface area contributed by atoms with Crippen LogP contribution < -0.4 is 0 Å². The summed E-state index contributed by atoms with van der Waals surface area (Å²) in [7, 11) is 2.49. The first-order valence-corrected chi connectivity index (χ1v) is 7.77. The van der Waals surface area contributed by atoms with Crippen molar-refractivity contribution in [3.05, 3.63) is 46.5 Å². The van der Waals surface area contributed by atoms with E-state index in [4.69, 9.17) is 9.47 Å². The summed E-state index contributed by atoms with van der Waals surface area (Å²) in [6.07, 6.45) is 1.02. The third kappa shape index (κ3) is 2.37. The quantitative estimate of drug-likeness (QED) is 0.793. The van der Waals surface area contributed by atoms with E-state index in [2.05, 4.69) is 0 Å². The number of carbonyl (C=O) groups is 3. The van der Waals surface area contributed by atoms with Crippen LogP contribution in [-0.4, -0.2) is 31.9 Å². The number of rotatable bonds is 2. The normalized spacial score (nSPS) is 16.6. The van der Waals surface area contributed by atoms with Crippen LogP contribution in [0.2, 0.25) is 0 Å². The van der Waals surface area contributed by atoms with Gasteiger partial charge in [0, 0.05) is 12.0 Å². The summed E-state index contributed by atoms with van der Waals surface area (Å²) in [5.41, 5.74) is 1.23. The molecule has 1 aliphatic rings. The lowest BCUT2D eigenvalue weighted by atomic mass is 9.77. The van der Waals surface area contributed by atoms with Gasteiger partial charge in [-0.2, -0.15) is 0 Å². The summed E-state index contributed by atoms with van der Waals surface area (Å²) in [4.78, 5) is 37.5. The van der Waals surface area contributed by atoms with Crippen LogP contribution in [0.4, 0.5) is 0 Å². The van der Waals surface area contributed by atoms with Crippen molar-refractivity contribution in [2.24, 2.45) is 5.92 Å². The van der Waals surface area contributed by atoms with E-state index in [1.165, 1.54) is 14.2 Å². The summed E-state index contributed by atoms with van der Waals surface area (Å²) < 4.78 is 9.73. The molecule has 1 aliphatic carbocycles. The lowest BCUT2D eigenvalue weighted by Gasteiger charge is -2.25. The first-order valence-electron chi connectivity index (χ1n) is 7.77. The van der Waals surface area contributed by atoms with Crippen molar-refractivity contribution >= 4 is 28.5 Å². The maximum Gasteiger partial charge on any atom is 0.339 e. The van der Waals surface area contributed by atoms with Crippen molar-refractivity contribution in [3.63, 3.8) is 0 Å². The van der Waals surface area contributed by atoms with Crippen molar-refractivity contribution in [3.8, 4) is 0 Å². The number of methoxy groups -OCH3 is 2. The number of Topliss-reactive ketones (excluding diaryl/α,β-unsaturated/α-hetero) is 1. The number of carbonyl (C=O) groups excluding carboxylic acids is 3. The second-order valence-electron chi connectivity index (χ2n) is 6.07. The largest absolute Gasteiger partial charge is 0.465 e. The van der Waals surface area contributed by atoms with Gasteiger partial charge < -0.3 is 9.47 Å². The van der Waals surface area contributed by atoms with Crippen LogP contribution in [0.1, 0.15) is 50.0 Å². The molecule has 2 aromatic rings. The van der Waals surface area contributed by atoms with Gasteiger partial charge in [-0.05, 0) is 28.7 Å². The molecule has 0 saturated heterocycles. The fraction of sp³-hybridized carbons (Fsp3) is 0.316. The number of hydrogen-bond acceptors (Lipinski definition) is 5. The lowest BCUT2D eigenvalue weighted by molar-refractivity contribution is 0.0554. The van der Waals surface area contributed by atoms with E-state index in [0.717, 1.165) is 10.9 Å². The van der Waals surface area contributed by atoms with Gasteiger partial charge in [0.2, 0.25) is 0 Å². The molecule has 0 spiro atoms. The molecule has 24 heavy (non-hydrogen) atoms. The number of esters is 2. The van der Waals surface area contributed by atoms with Gasteiger partial charge in [-0.1, -0.05) is 31.2 Å². The highest BCUT2D eigenvalue weighted by molar-refractivity contribution is 6.20. The lowest BCUT2D eigenvalue weighted by Crippen LogP contribution is -2.25. The molecule has 124 valence electrons. The van der Waals surface area contributed by atoms with Crippen LogP contribution in [-0.2, 0) is 15.9 Å². The zero-order valence-electron chi connectivity index (χ0n) is 13.8. The molecule has 0 heterocycles. The molecule has 1 atom stereocenters. The Bertz CT molecular complexity index is 866. The summed E-state index contributed by atoms with van der Waals surface area (Å²) in [5.74, 6) is -1.30. The summed E-state index contributed by atoms with van der Waals surface area (Å²) >= 11 is 0. The molecule has 2 aromatic carbocycles. The highest BCUT2D eigenvalue weighted by Gasteiger charge is 2.34. The Hall–Kier alpha value is -2.69. The topological polar surface area (TPSA) is 69.7 Å². The molecule has 0 fully saturated rings. The van der Waals surface area contributed by atoms with Gasteiger partial charge in [-0.3, -0.25) is 4.79 Å². The first kappa shape index (κ1) is 16.2. The van der Waals surface area contributed by atoms with Gasteiger partial charge in [0.1, 0.15) is 0 Å². The Balaban J connectivity index is 2.52. The highest BCUT2D eigenvalue weighted by atomic mass is 16.5. The Labute approximate surface area is 139 Å². The number of hydrogen-bond donors (Lipinski definition) is 0. The first-order chi connectivity index (χ1) is 11.5. The highest BCUT2D eigenvalue weighted by Crippen LogP contribution is 2.37. The second-order valence-corrected chi connectivity index (χ2v) is 6.07. The van der Waals surface area contributed by atoms with Crippen molar-refractivity contribution in [2.75, 3.05) is 14.2 Å². The number of fused-ring (bicyclic) bond motifs is 3. The molecule has 3 rings (SSSR count). The van der Waals surface area contributed by atoms with E-state index in [1.807, 2.05) is 19.1 Å². The van der Waals surface area contributed by atoms with Gasteiger partial charge in [0.25, 0.3) is 0 Å². The van der Waals surface area contributed by atoms with E-state index < -0.39 is 11.9 Å². The third-order valence-electron chi connectivity index (χ3n) is 4.47. The summed E-state index contributed by atoms with van der Waals surface area (Å²) in [6, 6.07) is 7.27. The van der Waals surface area contributed by atoms with Gasteiger partial charge in [-0.15, -0.1) is 0 Å². The predicted molar refractivity (Wildman–Crippen MR) is 88.4 cm³/mol. The van der Waals surface area contributed by atoms with Crippen LogP contribution in [0.25, 0.3) is 10.8 Å². The minimum atomic E-state index is -0.694. The van der Waals surface area contributed by atoms with Gasteiger partial charge in [0.05, 0.1) is 25.3 Å². The zero-order valence-corrected chi connectivity index (χ0v) is 13.8. The minimum absolute atomic E-state index is 0.0231. The van der Waals surface area contributed by atoms with Crippen LogP contribution in [0, 0.1) is 5.92 Å². The Morgan fingerprint density at radius 2 is 1.54 bits per heavy atom. The van der Waals surface area contributed by atoms with E-state index in [0.29, 0.717) is 23.8 Å². The summed E-state index contributed by atoms with van der Waals surface area (Å²) in [5, 5.41) is 1.41. The average molecular weight is 326 g/mol. The van der Waals surface area contributed by atoms with Crippen LogP contribution in [0.3, 0.4) is 0 Å². The molecule has 0 aliphatic heterocycles. The van der Waals surface area contributed by atoms with Crippen molar-refractivity contribution in [1.29, 1.82) is 0 Å². The van der Waals surface area contributed by atoms with E-state index in [-0.39, 0.29) is 22.8 Å². The maximum absolute atomic E-state index is 12.7. The number of benzene rings is 2. The molecular formula is C19H18O5. The molecule has 0 N–H and O–H groups in total. The van der Waals surface area contributed by atoms with E-state index in [9.17, 15) is 14.4 Å². The molecule has 0 aromatic heterocycles. The molecule has 0 unspecified atom stereocenters. The Morgan fingerprint density at radius 1 is 0.958 bits per heavy atom. The molecular weight excluding hydrogens is 308 g/mol. The fourth-order valence-electron chi connectivity index (χ4n) is 3.49. The van der Waals surface area contributed by atoms with Crippen LogP contribution in [0.5, 0.6) is 0 Å². The maximum atomic E-state index is 12.7. The fourth-order valence-corrected chi connectivity index (χ4v) is 3.49. The molecule has 0 bridgehead atoms. The molecule has 0 radical (unpaired) electrons. The smallest absolute Gasteiger partial charge is 0.339 e. The Kier molecular flexibility index (Phi) is 4.09. The van der Waals surface area contributed by atoms with E-state index in [1.54, 1.807) is 12.1 Å². The monoisotopic (exact) mass is 326 g/mol. The predicted octanol–water partition coefficient (Wildman–Crippen LogP) is 3.18. The summed E-state index contributed by atoms with van der Waals surface area (Å²) in [6.45, 7) is 2.00. The minimum Gasteiger partial charge on any atom is -0.465 e. The van der Waals surface area contributed by atoms with Gasteiger partial charge >= 0.3 is 11.9 Å². The van der Waals surface area contributed by atoms with Gasteiger partial charge in [-0.25, -0.2) is 9.59 Å². The van der Waals surface area contributed by atoms with Crippen molar-refractivity contribution in [2.45, 2.75) is 19.8 Å².